The van der Waals surface area contributed by atoms with E-state index in [2.05, 4.69) is 11.5 Å². The van der Waals surface area contributed by atoms with E-state index in [1.807, 2.05) is 23.6 Å². The van der Waals surface area contributed by atoms with E-state index in [4.69, 9.17) is 4.74 Å². The fourth-order valence-corrected chi connectivity index (χ4v) is 3.30. The van der Waals surface area contributed by atoms with Crippen molar-refractivity contribution < 1.29 is 9.53 Å². The summed E-state index contributed by atoms with van der Waals surface area (Å²) in [5.41, 5.74) is 0. The molecule has 0 aromatic heterocycles. The Morgan fingerprint density at radius 3 is 3.13 bits per heavy atom. The lowest BCUT2D eigenvalue weighted by atomic mass is 10.0. The predicted molar refractivity (Wildman–Crippen MR) is 61.8 cm³/mol. The lowest BCUT2D eigenvalue weighted by molar-refractivity contribution is 0.108. The second-order valence-electron chi connectivity index (χ2n) is 3.93. The molecule has 0 spiro atoms. The minimum absolute atomic E-state index is 0.147. The van der Waals surface area contributed by atoms with Gasteiger partial charge in [-0.25, -0.2) is 4.79 Å². The molecule has 4 heteroatoms. The summed E-state index contributed by atoms with van der Waals surface area (Å²) < 4.78 is 5.02. The normalized spacial score (nSPS) is 29.8. The van der Waals surface area contributed by atoms with Crippen LogP contribution in [0.3, 0.4) is 0 Å². The van der Waals surface area contributed by atoms with Crippen LogP contribution in [0.4, 0.5) is 4.79 Å². The standard InChI is InChI=1S/C11H17NO2S/c1-2-14-11(13)12-6-3-9-5-8-15-10(9)4-7-12/h5,8-10H,2-4,6-7H2,1H3. The summed E-state index contributed by atoms with van der Waals surface area (Å²) in [7, 11) is 0. The molecule has 2 aliphatic rings. The topological polar surface area (TPSA) is 29.5 Å². The number of nitrogens with zero attached hydrogens (tertiary/aromatic N) is 1. The van der Waals surface area contributed by atoms with Crippen LogP contribution in [-0.2, 0) is 4.74 Å². The van der Waals surface area contributed by atoms with Crippen molar-refractivity contribution in [1.29, 1.82) is 0 Å². The molecular formula is C11H17NO2S. The number of carbonyl (C=O) groups is 1. The van der Waals surface area contributed by atoms with Crippen molar-refractivity contribution in [3.63, 3.8) is 0 Å². The minimum atomic E-state index is -0.147. The number of amides is 1. The second kappa shape index (κ2) is 4.92. The van der Waals surface area contributed by atoms with Crippen LogP contribution < -0.4 is 0 Å². The molecule has 0 saturated carbocycles. The zero-order valence-electron chi connectivity index (χ0n) is 9.02. The van der Waals surface area contributed by atoms with Gasteiger partial charge in [-0.1, -0.05) is 6.08 Å². The molecule has 1 amide bonds. The van der Waals surface area contributed by atoms with Crippen LogP contribution in [0.2, 0.25) is 0 Å². The van der Waals surface area contributed by atoms with Crippen LogP contribution in [0, 0.1) is 5.92 Å². The third kappa shape index (κ3) is 2.48. The quantitative estimate of drug-likeness (QED) is 0.689. The molecule has 0 N–H and O–H groups in total. The van der Waals surface area contributed by atoms with Gasteiger partial charge in [-0.05, 0) is 31.1 Å². The number of fused-ring (bicyclic) bond motifs is 1. The summed E-state index contributed by atoms with van der Waals surface area (Å²) in [5.74, 6) is 0.662. The lowest BCUT2D eigenvalue weighted by Crippen LogP contribution is -2.32. The van der Waals surface area contributed by atoms with Gasteiger partial charge in [0.25, 0.3) is 0 Å². The molecule has 2 rings (SSSR count). The fraction of sp³-hybridized carbons (Fsp3) is 0.727. The second-order valence-corrected chi connectivity index (χ2v) is 5.08. The predicted octanol–water partition coefficient (Wildman–Crippen LogP) is 2.48. The fourth-order valence-electron chi connectivity index (χ4n) is 2.13. The molecule has 0 radical (unpaired) electrons. The van der Waals surface area contributed by atoms with Crippen molar-refractivity contribution in [2.45, 2.75) is 25.0 Å². The number of ether oxygens (including phenoxy) is 1. The zero-order chi connectivity index (χ0) is 10.7. The van der Waals surface area contributed by atoms with E-state index in [1.54, 1.807) is 0 Å². The van der Waals surface area contributed by atoms with E-state index in [-0.39, 0.29) is 6.09 Å². The Hall–Kier alpha value is -0.640. The van der Waals surface area contributed by atoms with E-state index < -0.39 is 0 Å². The molecule has 1 fully saturated rings. The van der Waals surface area contributed by atoms with E-state index in [1.165, 1.54) is 0 Å². The molecule has 2 aliphatic heterocycles. The van der Waals surface area contributed by atoms with E-state index in [9.17, 15) is 4.79 Å². The number of likely N-dealkylation sites (tertiary alicyclic amines) is 1. The molecule has 0 aromatic rings. The highest BCUT2D eigenvalue weighted by Gasteiger charge is 2.29. The molecule has 0 aromatic carbocycles. The number of thioether (sulfide) groups is 1. The van der Waals surface area contributed by atoms with Gasteiger partial charge in [0.15, 0.2) is 0 Å². The largest absolute Gasteiger partial charge is 0.450 e. The van der Waals surface area contributed by atoms with Crippen LogP contribution in [0.5, 0.6) is 0 Å². The lowest BCUT2D eigenvalue weighted by Gasteiger charge is -2.19. The van der Waals surface area contributed by atoms with Gasteiger partial charge in [-0.3, -0.25) is 0 Å². The number of rotatable bonds is 1. The maximum Gasteiger partial charge on any atom is 0.409 e. The van der Waals surface area contributed by atoms with Gasteiger partial charge in [0.05, 0.1) is 6.61 Å². The first-order valence-corrected chi connectivity index (χ1v) is 6.49. The Bertz CT molecular complexity index is 267. The first-order valence-electron chi connectivity index (χ1n) is 5.55. The molecule has 0 bridgehead atoms. The molecule has 2 unspecified atom stereocenters. The van der Waals surface area contributed by atoms with Crippen LogP contribution in [-0.4, -0.2) is 35.9 Å². The van der Waals surface area contributed by atoms with Crippen molar-refractivity contribution >= 4 is 17.9 Å². The summed E-state index contributed by atoms with van der Waals surface area (Å²) in [4.78, 5) is 13.4. The van der Waals surface area contributed by atoms with Crippen molar-refractivity contribution in [1.82, 2.24) is 4.90 Å². The van der Waals surface area contributed by atoms with E-state index >= 15 is 0 Å². The third-order valence-electron chi connectivity index (χ3n) is 3.00. The van der Waals surface area contributed by atoms with Crippen molar-refractivity contribution in [3.05, 3.63) is 11.5 Å². The number of allylic oxidation sites excluding steroid dienone is 1. The van der Waals surface area contributed by atoms with Gasteiger partial charge in [-0.15, -0.1) is 11.8 Å². The average Bonchev–Trinajstić information content (AvgIpc) is 2.58. The Balaban J connectivity index is 1.90. The summed E-state index contributed by atoms with van der Waals surface area (Å²) in [6.45, 7) is 4.00. The van der Waals surface area contributed by atoms with Crippen LogP contribution >= 0.6 is 11.8 Å². The highest BCUT2D eigenvalue weighted by atomic mass is 32.2. The number of hydrogen-bond acceptors (Lipinski definition) is 3. The van der Waals surface area contributed by atoms with E-state index in [0.29, 0.717) is 17.8 Å². The number of hydrogen-bond donors (Lipinski definition) is 0. The number of carbonyl (C=O) groups excluding carboxylic acids is 1. The molecule has 3 nitrogen and oxygen atoms in total. The molecule has 0 aliphatic carbocycles. The van der Waals surface area contributed by atoms with Gasteiger partial charge < -0.3 is 9.64 Å². The summed E-state index contributed by atoms with van der Waals surface area (Å²) in [5, 5.41) is 2.89. The SMILES string of the molecule is CCOC(=O)N1CCC2C=CSC2CC1. The molecule has 1 saturated heterocycles. The summed E-state index contributed by atoms with van der Waals surface area (Å²) in [6, 6.07) is 0. The summed E-state index contributed by atoms with van der Waals surface area (Å²) in [6.07, 6.45) is 4.30. The zero-order valence-corrected chi connectivity index (χ0v) is 9.83. The third-order valence-corrected chi connectivity index (χ3v) is 4.25. The van der Waals surface area contributed by atoms with Crippen LogP contribution in [0.1, 0.15) is 19.8 Å². The Morgan fingerprint density at radius 2 is 2.33 bits per heavy atom. The van der Waals surface area contributed by atoms with Crippen LogP contribution in [0.25, 0.3) is 0 Å². The maximum absolute atomic E-state index is 11.5. The highest BCUT2D eigenvalue weighted by molar-refractivity contribution is 8.03. The first kappa shape index (κ1) is 10.9. The highest BCUT2D eigenvalue weighted by Crippen LogP contribution is 2.36. The van der Waals surface area contributed by atoms with Gasteiger partial charge in [0, 0.05) is 18.3 Å². The molecular weight excluding hydrogens is 210 g/mol. The molecule has 2 heterocycles. The summed E-state index contributed by atoms with van der Waals surface area (Å²) >= 11 is 1.91. The minimum Gasteiger partial charge on any atom is -0.450 e. The van der Waals surface area contributed by atoms with Crippen molar-refractivity contribution in [2.75, 3.05) is 19.7 Å². The maximum atomic E-state index is 11.5. The first-order chi connectivity index (χ1) is 7.31. The van der Waals surface area contributed by atoms with Gasteiger partial charge in [0.1, 0.15) is 0 Å². The molecule has 2 atom stereocenters. The molecule has 84 valence electrons. The molecule has 15 heavy (non-hydrogen) atoms. The van der Waals surface area contributed by atoms with E-state index in [0.717, 1.165) is 25.9 Å². The monoisotopic (exact) mass is 227 g/mol. The van der Waals surface area contributed by atoms with Crippen molar-refractivity contribution in [2.24, 2.45) is 5.92 Å². The Kier molecular flexibility index (Phi) is 3.57. The van der Waals surface area contributed by atoms with Crippen LogP contribution in [0.15, 0.2) is 11.5 Å². The van der Waals surface area contributed by atoms with Crippen molar-refractivity contribution in [3.8, 4) is 0 Å². The average molecular weight is 227 g/mol. The smallest absolute Gasteiger partial charge is 0.409 e. The van der Waals surface area contributed by atoms with Gasteiger partial charge >= 0.3 is 6.09 Å². The Morgan fingerprint density at radius 1 is 1.53 bits per heavy atom. The van der Waals surface area contributed by atoms with Gasteiger partial charge in [-0.2, -0.15) is 0 Å². The van der Waals surface area contributed by atoms with Gasteiger partial charge in [0.2, 0.25) is 0 Å². The Labute approximate surface area is 94.8 Å².